The topological polar surface area (TPSA) is 83.0 Å². The Labute approximate surface area is 154 Å². The van der Waals surface area contributed by atoms with Crippen LogP contribution in [0.2, 0.25) is 0 Å². The number of carbonyl (C=O) groups is 2. The Morgan fingerprint density at radius 2 is 1.96 bits per heavy atom. The summed E-state index contributed by atoms with van der Waals surface area (Å²) in [4.78, 5) is 28.1. The minimum atomic E-state index is -0.576. The molecule has 6 heteroatoms. The lowest BCUT2D eigenvalue weighted by Gasteiger charge is -2.05. The number of aryl methyl sites for hydroxylation is 2. The first kappa shape index (κ1) is 18.7. The van der Waals surface area contributed by atoms with E-state index in [1.165, 1.54) is 6.08 Å². The van der Waals surface area contributed by atoms with Gasteiger partial charge in [-0.15, -0.1) is 0 Å². The van der Waals surface area contributed by atoms with Crippen LogP contribution in [0.25, 0.3) is 6.08 Å². The summed E-state index contributed by atoms with van der Waals surface area (Å²) in [6.45, 7) is 5.29. The van der Waals surface area contributed by atoms with Crippen LogP contribution in [0.4, 0.5) is 0 Å². The molecule has 0 spiro atoms. The molecule has 1 N–H and O–H groups in total. The second kappa shape index (κ2) is 7.95. The number of nitrogens with zero attached hydrogens (tertiary/aromatic N) is 1. The highest BCUT2D eigenvalue weighted by Gasteiger charge is 2.27. The van der Waals surface area contributed by atoms with Crippen molar-refractivity contribution in [1.82, 2.24) is 4.98 Å². The third kappa shape index (κ3) is 4.06. The van der Waals surface area contributed by atoms with Gasteiger partial charge in [0.15, 0.2) is 0 Å². The van der Waals surface area contributed by atoms with Crippen molar-refractivity contribution in [2.24, 2.45) is 0 Å². The van der Waals surface area contributed by atoms with Crippen LogP contribution in [-0.4, -0.2) is 23.3 Å². The highest BCUT2D eigenvalue weighted by atomic mass is 79.9. The Morgan fingerprint density at radius 3 is 2.56 bits per heavy atom. The summed E-state index contributed by atoms with van der Waals surface area (Å²) in [6, 6.07) is 9.18. The molecule has 0 bridgehead atoms. The van der Waals surface area contributed by atoms with Gasteiger partial charge in [0, 0.05) is 15.9 Å². The number of rotatable bonds is 5. The summed E-state index contributed by atoms with van der Waals surface area (Å²) in [5.41, 5.74) is 2.09. The van der Waals surface area contributed by atoms with Crippen LogP contribution in [0.1, 0.15) is 44.6 Å². The minimum Gasteiger partial charge on any atom is -0.462 e. The van der Waals surface area contributed by atoms with Crippen LogP contribution in [-0.2, 0) is 4.74 Å². The molecule has 25 heavy (non-hydrogen) atoms. The van der Waals surface area contributed by atoms with E-state index in [9.17, 15) is 14.9 Å². The van der Waals surface area contributed by atoms with E-state index < -0.39 is 11.8 Å². The van der Waals surface area contributed by atoms with Crippen molar-refractivity contribution in [3.8, 4) is 6.07 Å². The van der Waals surface area contributed by atoms with Crippen molar-refractivity contribution in [1.29, 1.82) is 5.26 Å². The highest BCUT2D eigenvalue weighted by molar-refractivity contribution is 9.10. The molecule has 0 aliphatic heterocycles. The van der Waals surface area contributed by atoms with Crippen LogP contribution < -0.4 is 0 Å². The highest BCUT2D eigenvalue weighted by Crippen LogP contribution is 2.24. The van der Waals surface area contributed by atoms with Gasteiger partial charge in [0.2, 0.25) is 5.78 Å². The van der Waals surface area contributed by atoms with Crippen LogP contribution >= 0.6 is 15.9 Å². The average Bonchev–Trinajstić information content (AvgIpc) is 2.86. The maximum absolute atomic E-state index is 12.9. The Balaban J connectivity index is 2.52. The second-order valence-electron chi connectivity index (χ2n) is 5.40. The lowest BCUT2D eigenvalue weighted by molar-refractivity contribution is 0.0523. The Bertz CT molecular complexity index is 904. The minimum absolute atomic E-state index is 0.0502. The van der Waals surface area contributed by atoms with Gasteiger partial charge in [-0.2, -0.15) is 5.26 Å². The first-order chi connectivity index (χ1) is 11.9. The number of Topliss-reactive ketones (excluding diaryl/α,β-unsaturated/α-hetero) is 1. The number of allylic oxidation sites excluding steroid dienone is 1. The SMILES string of the molecule is CCOC(=O)c1c(C)[nH]c(C)c1C(=O)C(C#N)=Cc1cccc(Br)c1. The fourth-order valence-corrected chi connectivity index (χ4v) is 2.99. The monoisotopic (exact) mass is 400 g/mol. The molecule has 0 unspecified atom stereocenters. The third-order valence-electron chi connectivity index (χ3n) is 3.61. The number of aromatic amines is 1. The Kier molecular flexibility index (Phi) is 5.94. The molecule has 0 atom stereocenters. The molecule has 1 aromatic carbocycles. The zero-order valence-corrected chi connectivity index (χ0v) is 15.7. The normalized spacial score (nSPS) is 11.1. The summed E-state index contributed by atoms with van der Waals surface area (Å²) < 4.78 is 5.88. The number of hydrogen-bond donors (Lipinski definition) is 1. The summed E-state index contributed by atoms with van der Waals surface area (Å²) in [5, 5.41) is 9.44. The molecule has 0 amide bonds. The maximum atomic E-state index is 12.9. The molecule has 1 aromatic heterocycles. The quantitative estimate of drug-likeness (QED) is 0.349. The van der Waals surface area contributed by atoms with Gasteiger partial charge in [0.05, 0.1) is 17.7 Å². The van der Waals surface area contributed by atoms with Gasteiger partial charge < -0.3 is 9.72 Å². The zero-order chi connectivity index (χ0) is 18.6. The number of H-pyrrole nitrogens is 1. The number of ether oxygens (including phenoxy) is 1. The number of nitrogens with one attached hydrogen (secondary N) is 1. The van der Waals surface area contributed by atoms with Crippen molar-refractivity contribution in [3.63, 3.8) is 0 Å². The second-order valence-corrected chi connectivity index (χ2v) is 6.32. The van der Waals surface area contributed by atoms with Gasteiger partial charge in [-0.1, -0.05) is 28.1 Å². The van der Waals surface area contributed by atoms with Crippen molar-refractivity contribution < 1.29 is 14.3 Å². The van der Waals surface area contributed by atoms with Crippen molar-refractivity contribution in [2.45, 2.75) is 20.8 Å². The largest absolute Gasteiger partial charge is 0.462 e. The first-order valence-corrected chi connectivity index (χ1v) is 8.46. The molecule has 2 aromatic rings. The fraction of sp³-hybridized carbons (Fsp3) is 0.211. The van der Waals surface area contributed by atoms with Gasteiger partial charge in [0.25, 0.3) is 0 Å². The van der Waals surface area contributed by atoms with Crippen molar-refractivity contribution in [2.75, 3.05) is 6.61 Å². The van der Waals surface area contributed by atoms with Gasteiger partial charge in [0.1, 0.15) is 11.6 Å². The van der Waals surface area contributed by atoms with E-state index in [-0.39, 0.29) is 23.3 Å². The number of nitriles is 1. The predicted octanol–water partition coefficient (Wildman–Crippen LogP) is 4.36. The summed E-state index contributed by atoms with van der Waals surface area (Å²) in [5.74, 6) is -1.08. The molecule has 0 saturated heterocycles. The molecule has 0 aliphatic carbocycles. The summed E-state index contributed by atoms with van der Waals surface area (Å²) in [7, 11) is 0. The molecule has 0 aliphatic rings. The number of ketones is 1. The van der Waals surface area contributed by atoms with Gasteiger partial charge in [-0.3, -0.25) is 4.79 Å². The third-order valence-corrected chi connectivity index (χ3v) is 4.10. The van der Waals surface area contributed by atoms with Crippen LogP contribution in [0.3, 0.4) is 0 Å². The number of benzene rings is 1. The number of carbonyl (C=O) groups excluding carboxylic acids is 2. The van der Waals surface area contributed by atoms with E-state index >= 15 is 0 Å². The van der Waals surface area contributed by atoms with E-state index in [1.54, 1.807) is 32.9 Å². The number of esters is 1. The zero-order valence-electron chi connectivity index (χ0n) is 14.1. The van der Waals surface area contributed by atoms with E-state index in [2.05, 4.69) is 20.9 Å². The number of aromatic nitrogens is 1. The molecule has 5 nitrogen and oxygen atoms in total. The van der Waals surface area contributed by atoms with Crippen molar-refractivity contribution >= 4 is 33.8 Å². The Morgan fingerprint density at radius 1 is 1.28 bits per heavy atom. The van der Waals surface area contributed by atoms with Gasteiger partial charge in [-0.25, -0.2) is 4.79 Å². The maximum Gasteiger partial charge on any atom is 0.340 e. The molecule has 0 fully saturated rings. The van der Waals surface area contributed by atoms with Crippen LogP contribution in [0, 0.1) is 25.2 Å². The lowest BCUT2D eigenvalue weighted by Crippen LogP contribution is -2.13. The molecule has 0 saturated carbocycles. The van der Waals surface area contributed by atoms with E-state index in [4.69, 9.17) is 4.74 Å². The molecule has 128 valence electrons. The van der Waals surface area contributed by atoms with Crippen LogP contribution in [0.5, 0.6) is 0 Å². The van der Waals surface area contributed by atoms with Gasteiger partial charge >= 0.3 is 5.97 Å². The molecule has 1 heterocycles. The van der Waals surface area contributed by atoms with E-state index in [1.807, 2.05) is 18.2 Å². The van der Waals surface area contributed by atoms with Crippen LogP contribution in [0.15, 0.2) is 34.3 Å². The summed E-state index contributed by atoms with van der Waals surface area (Å²) >= 11 is 3.36. The van der Waals surface area contributed by atoms with Crippen molar-refractivity contribution in [3.05, 3.63) is 62.4 Å². The standard InChI is InChI=1S/C19H17BrN2O3/c1-4-25-19(24)17-12(3)22-11(2)16(17)18(23)14(10-21)8-13-6-5-7-15(20)9-13/h5-9,22H,4H2,1-3H3. The molecule has 0 radical (unpaired) electrons. The van der Waals surface area contributed by atoms with E-state index in [0.717, 1.165) is 4.47 Å². The molecular weight excluding hydrogens is 384 g/mol. The first-order valence-electron chi connectivity index (χ1n) is 7.67. The summed E-state index contributed by atoms with van der Waals surface area (Å²) in [6.07, 6.45) is 1.50. The predicted molar refractivity (Wildman–Crippen MR) is 98.3 cm³/mol. The lowest BCUT2D eigenvalue weighted by atomic mass is 9.98. The number of hydrogen-bond acceptors (Lipinski definition) is 4. The molecular formula is C19H17BrN2O3. The fourth-order valence-electron chi connectivity index (χ4n) is 2.57. The Hall–Kier alpha value is -2.65. The van der Waals surface area contributed by atoms with Gasteiger partial charge in [-0.05, 0) is 44.5 Å². The number of halogens is 1. The van der Waals surface area contributed by atoms with E-state index in [0.29, 0.717) is 17.0 Å². The average molecular weight is 401 g/mol. The smallest absolute Gasteiger partial charge is 0.340 e. The molecule has 2 rings (SSSR count).